The van der Waals surface area contributed by atoms with E-state index in [2.05, 4.69) is 20.4 Å². The zero-order valence-corrected chi connectivity index (χ0v) is 23.3. The first-order valence-corrected chi connectivity index (χ1v) is 13.4. The number of hydrogen-bond acceptors (Lipinski definition) is 7. The van der Waals surface area contributed by atoms with E-state index < -0.39 is 29.9 Å². The van der Waals surface area contributed by atoms with Gasteiger partial charge < -0.3 is 25.1 Å². The summed E-state index contributed by atoms with van der Waals surface area (Å²) in [5.41, 5.74) is 11.0. The number of rotatable bonds is 13. The number of alkyl carbamates (subject to hydrolysis) is 1. The molecule has 0 aliphatic heterocycles. The van der Waals surface area contributed by atoms with E-state index in [0.29, 0.717) is 6.21 Å². The van der Waals surface area contributed by atoms with Crippen LogP contribution < -0.4 is 10.6 Å². The minimum absolute atomic E-state index is 0.00959. The molecule has 0 aromatic heterocycles. The summed E-state index contributed by atoms with van der Waals surface area (Å²) in [5, 5.41) is 5.16. The highest BCUT2D eigenvalue weighted by Gasteiger charge is 2.29. The van der Waals surface area contributed by atoms with Crippen molar-refractivity contribution in [2.24, 2.45) is 10.9 Å². The van der Waals surface area contributed by atoms with E-state index in [1.807, 2.05) is 18.2 Å². The monoisotopic (exact) mass is 585 g/mol. The molecule has 43 heavy (non-hydrogen) atoms. The van der Waals surface area contributed by atoms with Crippen LogP contribution in [0.4, 0.5) is 9.59 Å². The van der Waals surface area contributed by atoms with Gasteiger partial charge in [-0.05, 0) is 29.5 Å². The molecule has 0 fully saturated rings. The van der Waals surface area contributed by atoms with Crippen LogP contribution in [0.15, 0.2) is 96.0 Å². The summed E-state index contributed by atoms with van der Waals surface area (Å²) in [6, 6.07) is 26.9. The lowest BCUT2D eigenvalue weighted by Gasteiger charge is -2.14. The topological polar surface area (TPSA) is 169 Å². The lowest BCUT2D eigenvalue weighted by molar-refractivity contribution is -0.152. The molecule has 3 aromatic carbocycles. The van der Waals surface area contributed by atoms with E-state index in [4.69, 9.17) is 19.7 Å². The summed E-state index contributed by atoms with van der Waals surface area (Å²) in [5.74, 6) is -3.00. The lowest BCUT2D eigenvalue weighted by atomic mass is 9.99. The molecule has 2 N–H and O–H groups in total. The van der Waals surface area contributed by atoms with Crippen molar-refractivity contribution in [2.75, 3.05) is 6.54 Å². The number of aliphatic imine (C=N–C) groups is 1. The Hall–Kier alpha value is -5.61. The van der Waals surface area contributed by atoms with Crippen molar-refractivity contribution in [2.45, 2.75) is 32.7 Å². The number of hydrogen-bond donors (Lipinski definition) is 2. The fraction of sp³-hybridized carbons (Fsp3) is 0.226. The van der Waals surface area contributed by atoms with Gasteiger partial charge >= 0.3 is 24.4 Å². The summed E-state index contributed by atoms with van der Waals surface area (Å²) in [7, 11) is 0. The fourth-order valence-electron chi connectivity index (χ4n) is 3.68. The SMILES string of the molecule is [N-]=[N+]=CC(=O)[C@H](CCCNC(=NC(=O)OCc1ccccc1)NC(=O)OCc1ccccc1)C(=O)OCc1ccccc1. The van der Waals surface area contributed by atoms with Crippen LogP contribution in [0.2, 0.25) is 0 Å². The molecule has 0 heterocycles. The van der Waals surface area contributed by atoms with Gasteiger partial charge in [-0.2, -0.15) is 4.79 Å². The van der Waals surface area contributed by atoms with Crippen molar-refractivity contribution in [3.63, 3.8) is 0 Å². The highest BCUT2D eigenvalue weighted by Crippen LogP contribution is 2.12. The predicted octanol–water partition coefficient (Wildman–Crippen LogP) is 4.20. The van der Waals surface area contributed by atoms with E-state index in [9.17, 15) is 19.2 Å². The zero-order chi connectivity index (χ0) is 30.7. The summed E-state index contributed by atoms with van der Waals surface area (Å²) >= 11 is 0. The third-order valence-corrected chi connectivity index (χ3v) is 5.84. The first kappa shape index (κ1) is 31.9. The molecule has 0 saturated carbocycles. The third-order valence-electron chi connectivity index (χ3n) is 5.84. The first-order valence-electron chi connectivity index (χ1n) is 13.4. The van der Waals surface area contributed by atoms with Crippen LogP contribution in [-0.2, 0) is 43.6 Å². The molecule has 12 heteroatoms. The van der Waals surface area contributed by atoms with Crippen LogP contribution >= 0.6 is 0 Å². The van der Waals surface area contributed by atoms with Crippen molar-refractivity contribution in [1.82, 2.24) is 10.6 Å². The smallest absolute Gasteiger partial charge is 0.437 e. The first-order chi connectivity index (χ1) is 20.9. The Morgan fingerprint density at radius 3 is 1.81 bits per heavy atom. The van der Waals surface area contributed by atoms with Gasteiger partial charge in [0, 0.05) is 6.54 Å². The number of esters is 1. The van der Waals surface area contributed by atoms with E-state index in [1.54, 1.807) is 72.8 Å². The van der Waals surface area contributed by atoms with Gasteiger partial charge in [0.15, 0.2) is 0 Å². The number of nitrogens with zero attached hydrogens (tertiary/aromatic N) is 3. The summed E-state index contributed by atoms with van der Waals surface area (Å²) in [6.45, 7) is 0.000559. The molecule has 3 aromatic rings. The van der Waals surface area contributed by atoms with Crippen LogP contribution in [0.5, 0.6) is 0 Å². The van der Waals surface area contributed by atoms with Crippen molar-refractivity contribution in [3.05, 3.63) is 113 Å². The average Bonchev–Trinajstić information content (AvgIpc) is 3.03. The number of ketones is 1. The maximum Gasteiger partial charge on any atom is 0.437 e. The maximum absolute atomic E-state index is 12.7. The van der Waals surface area contributed by atoms with Gasteiger partial charge in [-0.3, -0.25) is 14.9 Å². The number of carbonyl (C=O) groups excluding carboxylic acids is 4. The Labute approximate surface area is 248 Å². The number of ether oxygens (including phenoxy) is 3. The van der Waals surface area contributed by atoms with Crippen molar-refractivity contribution >= 4 is 36.1 Å². The Morgan fingerprint density at radius 2 is 1.28 bits per heavy atom. The molecule has 2 amide bonds. The van der Waals surface area contributed by atoms with Crippen molar-refractivity contribution in [3.8, 4) is 0 Å². The van der Waals surface area contributed by atoms with Crippen LogP contribution in [0.3, 0.4) is 0 Å². The third kappa shape index (κ3) is 12.2. The second-order valence-electron chi connectivity index (χ2n) is 9.05. The second kappa shape index (κ2) is 17.9. The quantitative estimate of drug-likeness (QED) is 0.0439. The number of Topliss-reactive ketones (excluding diaryl/α,β-unsaturated/α-hetero) is 1. The van der Waals surface area contributed by atoms with E-state index in [-0.39, 0.29) is 45.2 Å². The minimum atomic E-state index is -1.23. The molecular formula is C31H31N5O7. The van der Waals surface area contributed by atoms with Gasteiger partial charge in [0.1, 0.15) is 25.7 Å². The molecule has 0 unspecified atom stereocenters. The van der Waals surface area contributed by atoms with E-state index >= 15 is 0 Å². The van der Waals surface area contributed by atoms with Crippen LogP contribution in [0.25, 0.3) is 5.53 Å². The molecule has 0 saturated heterocycles. The summed E-state index contributed by atoms with van der Waals surface area (Å²) in [6.07, 6.45) is -0.985. The van der Waals surface area contributed by atoms with Crippen LogP contribution in [-0.4, -0.2) is 47.4 Å². The van der Waals surface area contributed by atoms with Gasteiger partial charge in [-0.25, -0.2) is 9.59 Å². The molecule has 12 nitrogen and oxygen atoms in total. The standard InChI is InChI=1S/C31H31N5O7/c32-34-19-27(37)26(28(38)41-20-23-11-4-1-5-12-23)17-10-18-33-29(35-30(39)42-21-24-13-6-2-7-14-24)36-31(40)43-22-25-15-8-3-9-16-25/h1-9,11-16,19,26H,10,17-18,20-22H2,(H2,33,35,36,39,40)/t26-/m0/s1. The highest BCUT2D eigenvalue weighted by molar-refractivity contribution is 6.30. The molecule has 0 radical (unpaired) electrons. The molecule has 0 bridgehead atoms. The van der Waals surface area contributed by atoms with Gasteiger partial charge in [-0.1, -0.05) is 91.0 Å². The van der Waals surface area contributed by atoms with Crippen LogP contribution in [0.1, 0.15) is 29.5 Å². The number of guanidine groups is 1. The van der Waals surface area contributed by atoms with E-state index in [0.717, 1.165) is 16.7 Å². The average molecular weight is 586 g/mol. The zero-order valence-electron chi connectivity index (χ0n) is 23.3. The van der Waals surface area contributed by atoms with Crippen molar-refractivity contribution < 1.29 is 38.2 Å². The Bertz CT molecular complexity index is 1430. The maximum atomic E-state index is 12.7. The van der Waals surface area contributed by atoms with Crippen LogP contribution in [0, 0.1) is 5.92 Å². The largest absolute Gasteiger partial charge is 0.460 e. The summed E-state index contributed by atoms with van der Waals surface area (Å²) < 4.78 is 15.7. The lowest BCUT2D eigenvalue weighted by Crippen LogP contribution is -2.42. The molecule has 1 atom stereocenters. The number of carbonyl (C=O) groups is 4. The van der Waals surface area contributed by atoms with Gasteiger partial charge in [0.25, 0.3) is 0 Å². The Morgan fingerprint density at radius 1 is 0.767 bits per heavy atom. The number of amides is 2. The molecule has 3 rings (SSSR count). The predicted molar refractivity (Wildman–Crippen MR) is 155 cm³/mol. The molecule has 222 valence electrons. The minimum Gasteiger partial charge on any atom is -0.460 e. The Kier molecular flexibility index (Phi) is 13.3. The number of nitrogens with one attached hydrogen (secondary N) is 2. The molecule has 0 aliphatic rings. The van der Waals surface area contributed by atoms with Gasteiger partial charge in [0.05, 0.1) is 0 Å². The van der Waals surface area contributed by atoms with E-state index in [1.165, 1.54) is 0 Å². The number of benzene rings is 3. The molecular weight excluding hydrogens is 554 g/mol. The second-order valence-corrected chi connectivity index (χ2v) is 9.05. The molecule has 0 spiro atoms. The highest BCUT2D eigenvalue weighted by atomic mass is 16.6. The van der Waals surface area contributed by atoms with Gasteiger partial charge in [-0.15, -0.1) is 4.99 Å². The van der Waals surface area contributed by atoms with Crippen molar-refractivity contribution in [1.29, 1.82) is 0 Å². The summed E-state index contributed by atoms with van der Waals surface area (Å²) in [4.78, 5) is 56.4. The van der Waals surface area contributed by atoms with Gasteiger partial charge in [0.2, 0.25) is 11.7 Å². The normalized spacial score (nSPS) is 11.3. The fourth-order valence-corrected chi connectivity index (χ4v) is 3.68. The Balaban J connectivity index is 1.58. The molecule has 0 aliphatic carbocycles.